The summed E-state index contributed by atoms with van der Waals surface area (Å²) < 4.78 is 2.07. The minimum absolute atomic E-state index is 0.542. The van der Waals surface area contributed by atoms with Crippen molar-refractivity contribution >= 4 is 34.5 Å². The van der Waals surface area contributed by atoms with Crippen molar-refractivity contribution in [1.29, 1.82) is 0 Å². The van der Waals surface area contributed by atoms with Crippen LogP contribution in [0.5, 0.6) is 0 Å². The maximum absolute atomic E-state index is 6.17. The molecule has 2 heterocycles. The topological polar surface area (TPSA) is 29.3 Å². The largest absolute Gasteiger partial charge is 0.378 e. The first-order valence-corrected chi connectivity index (χ1v) is 7.03. The molecule has 0 atom stereocenters. The number of aromatic nitrogens is 2. The van der Waals surface area contributed by atoms with Gasteiger partial charge in [0.05, 0.1) is 33.7 Å². The van der Waals surface area contributed by atoms with Crippen LogP contribution in [0.1, 0.15) is 11.4 Å². The summed E-state index contributed by atoms with van der Waals surface area (Å²) in [7, 11) is 0. The smallest absolute Gasteiger partial charge is 0.137 e. The van der Waals surface area contributed by atoms with E-state index in [1.807, 2.05) is 43.5 Å². The van der Waals surface area contributed by atoms with Crippen molar-refractivity contribution in [1.82, 2.24) is 9.38 Å². The summed E-state index contributed by atoms with van der Waals surface area (Å²) in [5, 5.41) is 4.40. The number of pyridine rings is 1. The fourth-order valence-electron chi connectivity index (χ4n) is 2.20. The SMILES string of the molecule is Cc1nc2ccccn2c1CNc1cccc(Cl)c1Cl. The first kappa shape index (κ1) is 13.3. The highest BCUT2D eigenvalue weighted by atomic mass is 35.5. The normalized spacial score (nSPS) is 10.9. The molecule has 102 valence electrons. The summed E-state index contributed by atoms with van der Waals surface area (Å²) in [5.41, 5.74) is 3.88. The zero-order valence-corrected chi connectivity index (χ0v) is 12.4. The fourth-order valence-corrected chi connectivity index (χ4v) is 2.56. The van der Waals surface area contributed by atoms with Gasteiger partial charge in [0.1, 0.15) is 5.65 Å². The molecule has 0 saturated carbocycles. The number of rotatable bonds is 3. The van der Waals surface area contributed by atoms with Gasteiger partial charge in [-0.05, 0) is 31.2 Å². The van der Waals surface area contributed by atoms with E-state index < -0.39 is 0 Å². The third-order valence-electron chi connectivity index (χ3n) is 3.23. The highest BCUT2D eigenvalue weighted by molar-refractivity contribution is 6.43. The summed E-state index contributed by atoms with van der Waals surface area (Å²) in [6.45, 7) is 2.64. The van der Waals surface area contributed by atoms with E-state index in [-0.39, 0.29) is 0 Å². The van der Waals surface area contributed by atoms with Crippen molar-refractivity contribution < 1.29 is 0 Å². The summed E-state index contributed by atoms with van der Waals surface area (Å²) in [4.78, 5) is 4.53. The Morgan fingerprint density at radius 2 is 2.00 bits per heavy atom. The number of imidazole rings is 1. The number of hydrogen-bond donors (Lipinski definition) is 1. The Hall–Kier alpha value is -1.71. The molecule has 0 unspecified atom stereocenters. The van der Waals surface area contributed by atoms with E-state index in [9.17, 15) is 0 Å². The predicted molar refractivity (Wildman–Crippen MR) is 83.7 cm³/mol. The van der Waals surface area contributed by atoms with Gasteiger partial charge in [-0.25, -0.2) is 4.98 Å². The monoisotopic (exact) mass is 305 g/mol. The lowest BCUT2D eigenvalue weighted by atomic mass is 10.3. The van der Waals surface area contributed by atoms with Crippen LogP contribution in [-0.2, 0) is 6.54 Å². The molecule has 0 aliphatic carbocycles. The lowest BCUT2D eigenvalue weighted by Crippen LogP contribution is -2.04. The Morgan fingerprint density at radius 3 is 2.85 bits per heavy atom. The van der Waals surface area contributed by atoms with E-state index in [1.165, 1.54) is 0 Å². The molecule has 3 nitrogen and oxygen atoms in total. The highest BCUT2D eigenvalue weighted by Gasteiger charge is 2.09. The molecule has 5 heteroatoms. The van der Waals surface area contributed by atoms with Crippen LogP contribution in [-0.4, -0.2) is 9.38 Å². The van der Waals surface area contributed by atoms with Gasteiger partial charge < -0.3 is 9.72 Å². The predicted octanol–water partition coefficient (Wildman–Crippen LogP) is 4.56. The van der Waals surface area contributed by atoms with Gasteiger partial charge in [0.2, 0.25) is 0 Å². The molecule has 1 aromatic carbocycles. The second-order valence-electron chi connectivity index (χ2n) is 4.53. The molecule has 0 bridgehead atoms. The molecule has 3 aromatic rings. The number of nitrogens with zero attached hydrogens (tertiary/aromatic N) is 2. The van der Waals surface area contributed by atoms with Crippen molar-refractivity contribution in [2.24, 2.45) is 0 Å². The van der Waals surface area contributed by atoms with Crippen LogP contribution < -0.4 is 5.32 Å². The molecular formula is C15H13Cl2N3. The molecule has 0 aliphatic rings. The van der Waals surface area contributed by atoms with Gasteiger partial charge in [-0.2, -0.15) is 0 Å². The molecule has 0 spiro atoms. The van der Waals surface area contributed by atoms with Crippen LogP contribution >= 0.6 is 23.2 Å². The van der Waals surface area contributed by atoms with Crippen LogP contribution in [0, 0.1) is 6.92 Å². The van der Waals surface area contributed by atoms with Crippen molar-refractivity contribution in [2.75, 3.05) is 5.32 Å². The van der Waals surface area contributed by atoms with Gasteiger partial charge in [0, 0.05) is 6.20 Å². The third kappa shape index (κ3) is 2.35. The lowest BCUT2D eigenvalue weighted by molar-refractivity contribution is 0.987. The standard InChI is InChI=1S/C15H13Cl2N3/c1-10-13(20-8-3-2-7-14(20)19-10)9-18-12-6-4-5-11(16)15(12)17/h2-8,18H,9H2,1H3. The Labute approximate surface area is 127 Å². The van der Waals surface area contributed by atoms with E-state index in [0.717, 1.165) is 22.7 Å². The van der Waals surface area contributed by atoms with Crippen LogP contribution in [0.25, 0.3) is 5.65 Å². The van der Waals surface area contributed by atoms with Gasteiger partial charge in [-0.1, -0.05) is 35.3 Å². The first-order chi connectivity index (χ1) is 9.66. The van der Waals surface area contributed by atoms with Gasteiger partial charge in [-0.3, -0.25) is 0 Å². The summed E-state index contributed by atoms with van der Waals surface area (Å²) in [6.07, 6.45) is 2.01. The van der Waals surface area contributed by atoms with Gasteiger partial charge in [0.15, 0.2) is 0 Å². The molecule has 0 amide bonds. The molecule has 2 aromatic heterocycles. The van der Waals surface area contributed by atoms with E-state index in [0.29, 0.717) is 16.6 Å². The number of nitrogens with one attached hydrogen (secondary N) is 1. The molecule has 0 radical (unpaired) electrons. The van der Waals surface area contributed by atoms with E-state index in [2.05, 4.69) is 14.7 Å². The van der Waals surface area contributed by atoms with Crippen molar-refractivity contribution in [3.8, 4) is 0 Å². The molecule has 0 saturated heterocycles. The second-order valence-corrected chi connectivity index (χ2v) is 5.31. The fraction of sp³-hybridized carbons (Fsp3) is 0.133. The van der Waals surface area contributed by atoms with Gasteiger partial charge in [0.25, 0.3) is 0 Å². The Kier molecular flexibility index (Phi) is 3.55. The molecular weight excluding hydrogens is 293 g/mol. The van der Waals surface area contributed by atoms with Crippen molar-refractivity contribution in [3.63, 3.8) is 0 Å². The lowest BCUT2D eigenvalue weighted by Gasteiger charge is -2.09. The average Bonchev–Trinajstić information content (AvgIpc) is 2.76. The Bertz CT molecular complexity index is 765. The molecule has 3 rings (SSSR count). The highest BCUT2D eigenvalue weighted by Crippen LogP contribution is 2.30. The number of fused-ring (bicyclic) bond motifs is 1. The van der Waals surface area contributed by atoms with Crippen LogP contribution in [0.2, 0.25) is 10.0 Å². The minimum atomic E-state index is 0.542. The van der Waals surface area contributed by atoms with E-state index >= 15 is 0 Å². The zero-order chi connectivity index (χ0) is 14.1. The van der Waals surface area contributed by atoms with E-state index in [4.69, 9.17) is 23.2 Å². The molecule has 0 fully saturated rings. The Morgan fingerprint density at radius 1 is 1.15 bits per heavy atom. The van der Waals surface area contributed by atoms with Crippen LogP contribution in [0.3, 0.4) is 0 Å². The summed E-state index contributed by atoms with van der Waals surface area (Å²) >= 11 is 12.2. The third-order valence-corrected chi connectivity index (χ3v) is 4.05. The van der Waals surface area contributed by atoms with Crippen molar-refractivity contribution in [3.05, 3.63) is 64.0 Å². The summed E-state index contributed by atoms with van der Waals surface area (Å²) in [6, 6.07) is 11.5. The minimum Gasteiger partial charge on any atom is -0.378 e. The van der Waals surface area contributed by atoms with E-state index in [1.54, 1.807) is 6.07 Å². The maximum atomic E-state index is 6.17. The van der Waals surface area contributed by atoms with Crippen LogP contribution in [0.4, 0.5) is 5.69 Å². The van der Waals surface area contributed by atoms with Gasteiger partial charge >= 0.3 is 0 Å². The quantitative estimate of drug-likeness (QED) is 0.768. The Balaban J connectivity index is 1.90. The molecule has 1 N–H and O–H groups in total. The molecule has 0 aliphatic heterocycles. The van der Waals surface area contributed by atoms with Crippen LogP contribution in [0.15, 0.2) is 42.6 Å². The number of hydrogen-bond acceptors (Lipinski definition) is 2. The number of benzene rings is 1. The van der Waals surface area contributed by atoms with Crippen molar-refractivity contribution in [2.45, 2.75) is 13.5 Å². The number of halogens is 2. The summed E-state index contributed by atoms with van der Waals surface area (Å²) in [5.74, 6) is 0. The average molecular weight is 306 g/mol. The number of aryl methyl sites for hydroxylation is 1. The van der Waals surface area contributed by atoms with Gasteiger partial charge in [-0.15, -0.1) is 0 Å². The molecule has 20 heavy (non-hydrogen) atoms. The maximum Gasteiger partial charge on any atom is 0.137 e. The number of anilines is 1. The first-order valence-electron chi connectivity index (χ1n) is 6.27. The zero-order valence-electron chi connectivity index (χ0n) is 10.9. The second kappa shape index (κ2) is 5.35.